The molecule has 0 spiro atoms. The number of carbonyl (C=O) groups excluding carboxylic acids is 2. The van der Waals surface area contributed by atoms with Gasteiger partial charge in [-0.2, -0.15) is 0 Å². The molecule has 1 saturated carbocycles. The van der Waals surface area contributed by atoms with Gasteiger partial charge in [-0.15, -0.1) is 0 Å². The molecule has 29 heavy (non-hydrogen) atoms. The molecule has 0 bridgehead atoms. The van der Waals surface area contributed by atoms with Crippen LogP contribution in [0.1, 0.15) is 64.2 Å². The zero-order valence-electron chi connectivity index (χ0n) is 17.6. The molecule has 3 N–H and O–H groups in total. The third kappa shape index (κ3) is 6.17. The Kier molecular flexibility index (Phi) is 7.92. The van der Waals surface area contributed by atoms with Gasteiger partial charge in [-0.1, -0.05) is 19.3 Å². The van der Waals surface area contributed by atoms with Crippen LogP contribution in [0.5, 0.6) is 0 Å². The highest BCUT2D eigenvalue weighted by molar-refractivity contribution is 5.79. The van der Waals surface area contributed by atoms with Crippen molar-refractivity contribution in [1.82, 2.24) is 9.80 Å². The van der Waals surface area contributed by atoms with Crippen molar-refractivity contribution in [2.45, 2.75) is 64.2 Å². The highest BCUT2D eigenvalue weighted by Gasteiger charge is 2.35. The predicted octanol–water partition coefficient (Wildman–Crippen LogP) is 2.09. The molecule has 0 radical (unpaired) electrons. The number of hydrogen-bond acceptors (Lipinski definition) is 4. The average Bonchev–Trinajstić information content (AvgIpc) is 2.73. The number of piperidine rings is 2. The van der Waals surface area contributed by atoms with Crippen molar-refractivity contribution in [3.05, 3.63) is 0 Å². The number of aliphatic carboxylic acids is 1. The van der Waals surface area contributed by atoms with Gasteiger partial charge >= 0.3 is 5.97 Å². The van der Waals surface area contributed by atoms with Gasteiger partial charge in [0, 0.05) is 31.3 Å². The average molecular weight is 408 g/mol. The van der Waals surface area contributed by atoms with Crippen LogP contribution in [-0.4, -0.2) is 65.4 Å². The summed E-state index contributed by atoms with van der Waals surface area (Å²) < 4.78 is 0. The first-order valence-electron chi connectivity index (χ1n) is 11.5. The van der Waals surface area contributed by atoms with Crippen molar-refractivity contribution < 1.29 is 19.5 Å². The van der Waals surface area contributed by atoms with E-state index in [1.165, 1.54) is 6.42 Å². The standard InChI is InChI=1S/C22H37N3O4/c23-21(28)16-6-10-24(11-7-16)12-8-19-15-25(13-9-18(19)14-20(26)27)22(29)17-4-2-1-3-5-17/h16-19H,1-15H2,(H2,23,28)(H,26,27). The van der Waals surface area contributed by atoms with E-state index in [2.05, 4.69) is 4.90 Å². The van der Waals surface area contributed by atoms with E-state index in [4.69, 9.17) is 5.73 Å². The van der Waals surface area contributed by atoms with Crippen LogP contribution in [0.2, 0.25) is 0 Å². The summed E-state index contributed by atoms with van der Waals surface area (Å²) in [6.45, 7) is 4.04. The molecule has 2 unspecified atom stereocenters. The minimum Gasteiger partial charge on any atom is -0.481 e. The van der Waals surface area contributed by atoms with Crippen LogP contribution in [0.15, 0.2) is 0 Å². The zero-order chi connectivity index (χ0) is 20.8. The van der Waals surface area contributed by atoms with Crippen molar-refractivity contribution in [3.8, 4) is 0 Å². The first-order valence-corrected chi connectivity index (χ1v) is 11.5. The van der Waals surface area contributed by atoms with E-state index in [0.717, 1.165) is 71.0 Å². The van der Waals surface area contributed by atoms with Gasteiger partial charge in [0.25, 0.3) is 0 Å². The van der Waals surface area contributed by atoms with Crippen LogP contribution in [0, 0.1) is 23.7 Å². The molecule has 2 heterocycles. The summed E-state index contributed by atoms with van der Waals surface area (Å²) in [5.41, 5.74) is 5.42. The second-order valence-electron chi connectivity index (χ2n) is 9.33. The molecule has 3 rings (SSSR count). The molecule has 3 fully saturated rings. The minimum atomic E-state index is -0.741. The Morgan fingerprint density at radius 2 is 1.55 bits per heavy atom. The normalized spacial score (nSPS) is 27.7. The highest BCUT2D eigenvalue weighted by Crippen LogP contribution is 2.33. The smallest absolute Gasteiger partial charge is 0.303 e. The maximum Gasteiger partial charge on any atom is 0.303 e. The van der Waals surface area contributed by atoms with Crippen LogP contribution in [0.25, 0.3) is 0 Å². The van der Waals surface area contributed by atoms with Gasteiger partial charge in [0.1, 0.15) is 0 Å². The summed E-state index contributed by atoms with van der Waals surface area (Å²) in [4.78, 5) is 40.1. The molecule has 7 nitrogen and oxygen atoms in total. The summed E-state index contributed by atoms with van der Waals surface area (Å²) in [7, 11) is 0. The van der Waals surface area contributed by atoms with Gasteiger partial charge in [0.15, 0.2) is 0 Å². The molecule has 2 amide bonds. The Bertz CT molecular complexity index is 583. The SMILES string of the molecule is NC(=O)C1CCN(CCC2CN(C(=O)C3CCCCC3)CCC2CC(=O)O)CC1. The van der Waals surface area contributed by atoms with E-state index in [0.29, 0.717) is 19.0 Å². The van der Waals surface area contributed by atoms with Gasteiger partial charge in [0.2, 0.25) is 11.8 Å². The monoisotopic (exact) mass is 407 g/mol. The summed E-state index contributed by atoms with van der Waals surface area (Å²) in [5, 5.41) is 9.33. The van der Waals surface area contributed by atoms with E-state index in [-0.39, 0.29) is 36.0 Å². The molecule has 1 aliphatic carbocycles. The van der Waals surface area contributed by atoms with Gasteiger partial charge in [-0.3, -0.25) is 14.4 Å². The summed E-state index contributed by atoms with van der Waals surface area (Å²) >= 11 is 0. The highest BCUT2D eigenvalue weighted by atomic mass is 16.4. The van der Waals surface area contributed by atoms with E-state index < -0.39 is 5.97 Å². The minimum absolute atomic E-state index is 0.00991. The molecule has 164 valence electrons. The number of rotatable bonds is 7. The number of nitrogens with two attached hydrogens (primary N) is 1. The summed E-state index contributed by atoms with van der Waals surface area (Å²) in [6.07, 6.45) is 9.07. The Hall–Kier alpha value is -1.63. The van der Waals surface area contributed by atoms with Crippen molar-refractivity contribution >= 4 is 17.8 Å². The Morgan fingerprint density at radius 3 is 2.17 bits per heavy atom. The molecule has 2 saturated heterocycles. The van der Waals surface area contributed by atoms with E-state index in [9.17, 15) is 19.5 Å². The molecule has 7 heteroatoms. The molecular weight excluding hydrogens is 370 g/mol. The number of carbonyl (C=O) groups is 3. The fourth-order valence-electron chi connectivity index (χ4n) is 5.50. The molecular formula is C22H37N3O4. The van der Waals surface area contributed by atoms with Gasteiger partial charge in [-0.05, 0) is 70.0 Å². The number of primary amides is 1. The van der Waals surface area contributed by atoms with Crippen LogP contribution < -0.4 is 5.73 Å². The maximum absolute atomic E-state index is 13.0. The fourth-order valence-corrected chi connectivity index (χ4v) is 5.50. The molecule has 2 atom stereocenters. The number of nitrogens with zero attached hydrogens (tertiary/aromatic N) is 2. The molecule has 0 aromatic rings. The van der Waals surface area contributed by atoms with E-state index in [1.807, 2.05) is 4.90 Å². The van der Waals surface area contributed by atoms with Crippen LogP contribution in [-0.2, 0) is 14.4 Å². The zero-order valence-corrected chi connectivity index (χ0v) is 17.6. The summed E-state index contributed by atoms with van der Waals surface area (Å²) in [5.74, 6) is -0.0970. The lowest BCUT2D eigenvalue weighted by Crippen LogP contribution is -2.48. The van der Waals surface area contributed by atoms with Crippen LogP contribution in [0.4, 0.5) is 0 Å². The Morgan fingerprint density at radius 1 is 0.862 bits per heavy atom. The molecule has 2 aliphatic heterocycles. The van der Waals surface area contributed by atoms with Crippen LogP contribution in [0.3, 0.4) is 0 Å². The quantitative estimate of drug-likeness (QED) is 0.672. The van der Waals surface area contributed by atoms with Gasteiger partial charge in [-0.25, -0.2) is 0 Å². The predicted molar refractivity (Wildman–Crippen MR) is 110 cm³/mol. The second-order valence-corrected chi connectivity index (χ2v) is 9.33. The number of carboxylic acid groups (broad SMARTS) is 1. The van der Waals surface area contributed by atoms with Gasteiger partial charge < -0.3 is 20.6 Å². The third-order valence-electron chi connectivity index (χ3n) is 7.40. The third-order valence-corrected chi connectivity index (χ3v) is 7.40. The number of amides is 2. The molecule has 3 aliphatic rings. The number of likely N-dealkylation sites (tertiary alicyclic amines) is 2. The Labute approximate surface area is 174 Å². The Balaban J connectivity index is 1.54. The van der Waals surface area contributed by atoms with Crippen molar-refractivity contribution in [3.63, 3.8) is 0 Å². The van der Waals surface area contributed by atoms with Crippen molar-refractivity contribution in [2.24, 2.45) is 29.4 Å². The largest absolute Gasteiger partial charge is 0.481 e. The van der Waals surface area contributed by atoms with E-state index in [1.54, 1.807) is 0 Å². The molecule has 0 aromatic heterocycles. The second kappa shape index (κ2) is 10.4. The van der Waals surface area contributed by atoms with Crippen molar-refractivity contribution in [2.75, 3.05) is 32.7 Å². The first kappa shape index (κ1) is 22.1. The lowest BCUT2D eigenvalue weighted by molar-refractivity contribution is -0.141. The lowest BCUT2D eigenvalue weighted by Gasteiger charge is -2.41. The topological polar surface area (TPSA) is 104 Å². The number of hydrogen-bond donors (Lipinski definition) is 2. The summed E-state index contributed by atoms with van der Waals surface area (Å²) in [6, 6.07) is 0. The maximum atomic E-state index is 13.0. The van der Waals surface area contributed by atoms with Crippen molar-refractivity contribution in [1.29, 1.82) is 0 Å². The van der Waals surface area contributed by atoms with E-state index >= 15 is 0 Å². The lowest BCUT2D eigenvalue weighted by atomic mass is 9.80. The van der Waals surface area contributed by atoms with Crippen LogP contribution >= 0.6 is 0 Å². The number of carboxylic acids is 1. The van der Waals surface area contributed by atoms with Gasteiger partial charge in [0.05, 0.1) is 0 Å². The molecule has 0 aromatic carbocycles. The fraction of sp³-hybridized carbons (Fsp3) is 0.864. The first-order chi connectivity index (χ1) is 13.9.